The fourth-order valence-electron chi connectivity index (χ4n) is 3.31. The van der Waals surface area contributed by atoms with E-state index in [2.05, 4.69) is 10.3 Å². The van der Waals surface area contributed by atoms with Crippen LogP contribution in [0.4, 0.5) is 13.2 Å². The molecule has 2 rings (SSSR count). The smallest absolute Gasteiger partial charge is 0.374 e. The third-order valence-electron chi connectivity index (χ3n) is 4.74. The molecule has 0 aliphatic heterocycles. The van der Waals surface area contributed by atoms with Gasteiger partial charge in [0, 0.05) is 38.3 Å². The average Bonchev–Trinajstić information content (AvgIpc) is 3.14. The van der Waals surface area contributed by atoms with Gasteiger partial charge in [0.2, 0.25) is 11.5 Å². The molecule has 1 unspecified atom stereocenters. The van der Waals surface area contributed by atoms with Crippen LogP contribution in [0.3, 0.4) is 0 Å². The number of carbonyl (C=O) groups is 1. The zero-order chi connectivity index (χ0) is 18.0. The van der Waals surface area contributed by atoms with Gasteiger partial charge in [-0.1, -0.05) is 6.42 Å². The Balaban J connectivity index is 0.00000312. The van der Waals surface area contributed by atoms with Gasteiger partial charge in [0.05, 0.1) is 0 Å². The molecule has 1 aliphatic carbocycles. The number of hydrogen-bond donors (Lipinski definition) is 3. The number of nitrogens with zero attached hydrogens (tertiary/aromatic N) is 2. The van der Waals surface area contributed by atoms with Crippen molar-refractivity contribution in [2.75, 3.05) is 13.1 Å². The molecule has 1 amide bonds. The molecule has 0 spiro atoms. The molecule has 0 radical (unpaired) electrons. The summed E-state index contributed by atoms with van der Waals surface area (Å²) >= 11 is 0. The highest BCUT2D eigenvalue weighted by Crippen LogP contribution is 2.40. The number of amides is 1. The second-order valence-electron chi connectivity index (χ2n) is 6.29. The lowest BCUT2D eigenvalue weighted by Crippen LogP contribution is -2.47. The zero-order valence-corrected chi connectivity index (χ0v) is 14.7. The number of halogens is 4. The first-order chi connectivity index (χ1) is 11.2. The van der Waals surface area contributed by atoms with E-state index in [0.717, 1.165) is 17.4 Å². The lowest BCUT2D eigenvalue weighted by molar-refractivity contribution is -0.272. The summed E-state index contributed by atoms with van der Waals surface area (Å²) < 4.78 is 41.2. The van der Waals surface area contributed by atoms with E-state index in [1.165, 1.54) is 19.4 Å². The van der Waals surface area contributed by atoms with E-state index in [0.29, 0.717) is 13.0 Å². The number of carbonyl (C=O) groups excluding carboxylic acids is 1. The van der Waals surface area contributed by atoms with E-state index >= 15 is 0 Å². The molecule has 4 N–H and O–H groups in total. The zero-order valence-electron chi connectivity index (χ0n) is 13.9. The Labute approximate surface area is 150 Å². The molecule has 1 aromatic heterocycles. The fourth-order valence-corrected chi connectivity index (χ4v) is 3.31. The third kappa shape index (κ3) is 4.45. The highest BCUT2D eigenvalue weighted by molar-refractivity contribution is 5.85. The standard InChI is InChI=1S/C15H23F3N4O2.ClH/c1-22-8-7-21-13(22)14(24,15(16,17)18)5-6-20-12(23)11-4-2-3-10(11)9-19;/h7-8,10-11,24H,2-6,9,19H2,1H3,(H,20,23);1H/t10-,11-,14?;/m1./s1. The third-order valence-corrected chi connectivity index (χ3v) is 4.74. The molecular weight excluding hydrogens is 361 g/mol. The molecule has 3 atom stereocenters. The van der Waals surface area contributed by atoms with Crippen LogP contribution in [0, 0.1) is 11.8 Å². The molecule has 1 fully saturated rings. The molecule has 1 heterocycles. The summed E-state index contributed by atoms with van der Waals surface area (Å²) in [6.07, 6.45) is -0.647. The van der Waals surface area contributed by atoms with Crippen LogP contribution in [0.5, 0.6) is 0 Å². The summed E-state index contributed by atoms with van der Waals surface area (Å²) in [6, 6.07) is 0. The van der Waals surface area contributed by atoms with E-state index in [4.69, 9.17) is 5.73 Å². The normalized spacial score (nSPS) is 23.0. The van der Waals surface area contributed by atoms with Crippen molar-refractivity contribution < 1.29 is 23.1 Å². The van der Waals surface area contributed by atoms with Crippen LogP contribution < -0.4 is 11.1 Å². The van der Waals surface area contributed by atoms with Crippen molar-refractivity contribution in [1.29, 1.82) is 0 Å². The maximum absolute atomic E-state index is 13.4. The van der Waals surface area contributed by atoms with Gasteiger partial charge >= 0.3 is 6.18 Å². The Morgan fingerprint density at radius 1 is 1.48 bits per heavy atom. The quantitative estimate of drug-likeness (QED) is 0.692. The summed E-state index contributed by atoms with van der Waals surface area (Å²) in [5, 5.41) is 12.7. The highest BCUT2D eigenvalue weighted by Gasteiger charge is 2.57. The van der Waals surface area contributed by atoms with E-state index in [-0.39, 0.29) is 36.7 Å². The second-order valence-corrected chi connectivity index (χ2v) is 6.29. The first kappa shape index (κ1) is 21.7. The molecule has 144 valence electrons. The van der Waals surface area contributed by atoms with E-state index < -0.39 is 24.0 Å². The minimum atomic E-state index is -4.90. The van der Waals surface area contributed by atoms with Crippen LogP contribution >= 0.6 is 12.4 Å². The van der Waals surface area contributed by atoms with Crippen molar-refractivity contribution in [2.24, 2.45) is 24.6 Å². The SMILES string of the molecule is Cl.Cn1ccnc1C(O)(CCNC(=O)[C@@H]1CCC[C@@H]1CN)C(F)(F)F. The Hall–Kier alpha value is -1.32. The predicted octanol–water partition coefficient (Wildman–Crippen LogP) is 1.47. The molecule has 10 heteroatoms. The first-order valence-corrected chi connectivity index (χ1v) is 7.95. The van der Waals surface area contributed by atoms with E-state index in [1.807, 2.05) is 0 Å². The molecule has 25 heavy (non-hydrogen) atoms. The number of aliphatic hydroxyl groups is 1. The Morgan fingerprint density at radius 2 is 2.16 bits per heavy atom. The first-order valence-electron chi connectivity index (χ1n) is 7.95. The molecule has 1 saturated carbocycles. The van der Waals surface area contributed by atoms with Crippen LogP contribution in [-0.2, 0) is 17.4 Å². The summed E-state index contributed by atoms with van der Waals surface area (Å²) in [4.78, 5) is 15.8. The van der Waals surface area contributed by atoms with Gasteiger partial charge in [-0.05, 0) is 25.3 Å². The van der Waals surface area contributed by atoms with Crippen molar-refractivity contribution in [3.05, 3.63) is 18.2 Å². The Morgan fingerprint density at radius 3 is 2.68 bits per heavy atom. The van der Waals surface area contributed by atoms with Crippen molar-refractivity contribution >= 4 is 18.3 Å². The summed E-state index contributed by atoms with van der Waals surface area (Å²) in [5.41, 5.74) is 2.51. The number of aryl methyl sites for hydroxylation is 1. The Bertz CT molecular complexity index is 581. The average molecular weight is 385 g/mol. The molecule has 0 saturated heterocycles. The van der Waals surface area contributed by atoms with Crippen molar-refractivity contribution in [3.63, 3.8) is 0 Å². The van der Waals surface area contributed by atoms with Crippen molar-refractivity contribution in [1.82, 2.24) is 14.9 Å². The maximum atomic E-state index is 13.4. The van der Waals surface area contributed by atoms with Crippen molar-refractivity contribution in [3.8, 4) is 0 Å². The summed E-state index contributed by atoms with van der Waals surface area (Å²) in [5.74, 6) is -0.986. The number of hydrogen-bond acceptors (Lipinski definition) is 4. The molecule has 1 aliphatic rings. The monoisotopic (exact) mass is 384 g/mol. The minimum absolute atomic E-state index is 0. The van der Waals surface area contributed by atoms with E-state index in [1.54, 1.807) is 0 Å². The van der Waals surface area contributed by atoms with Gasteiger partial charge in [0.15, 0.2) is 0 Å². The summed E-state index contributed by atoms with van der Waals surface area (Å²) in [7, 11) is 1.38. The molecular formula is C15H24ClF3N4O2. The highest BCUT2D eigenvalue weighted by atomic mass is 35.5. The van der Waals surface area contributed by atoms with Crippen molar-refractivity contribution in [2.45, 2.75) is 37.5 Å². The largest absolute Gasteiger partial charge is 0.424 e. The van der Waals surface area contributed by atoms with Crippen LogP contribution in [-0.4, -0.2) is 39.8 Å². The van der Waals surface area contributed by atoms with Crippen LogP contribution in [0.1, 0.15) is 31.5 Å². The Kier molecular flexibility index (Phi) is 7.28. The number of nitrogens with two attached hydrogens (primary N) is 1. The number of nitrogens with one attached hydrogen (secondary N) is 1. The van der Waals surface area contributed by atoms with Gasteiger partial charge in [0.1, 0.15) is 5.82 Å². The lowest BCUT2D eigenvalue weighted by Gasteiger charge is -2.30. The molecule has 0 aromatic carbocycles. The number of imidazole rings is 1. The molecule has 1 aromatic rings. The van der Waals surface area contributed by atoms with Gasteiger partial charge in [-0.25, -0.2) is 4.98 Å². The van der Waals surface area contributed by atoms with E-state index in [9.17, 15) is 23.1 Å². The number of aromatic nitrogens is 2. The van der Waals surface area contributed by atoms with Gasteiger partial charge < -0.3 is 20.7 Å². The summed E-state index contributed by atoms with van der Waals surface area (Å²) in [6.45, 7) is 0.0906. The van der Waals surface area contributed by atoms with Crippen LogP contribution in [0.15, 0.2) is 12.4 Å². The van der Waals surface area contributed by atoms with Gasteiger partial charge in [-0.3, -0.25) is 4.79 Å². The fraction of sp³-hybridized carbons (Fsp3) is 0.733. The lowest BCUT2D eigenvalue weighted by atomic mass is 9.94. The second kappa shape index (κ2) is 8.37. The minimum Gasteiger partial charge on any atom is -0.374 e. The van der Waals surface area contributed by atoms with Gasteiger partial charge in [-0.2, -0.15) is 13.2 Å². The van der Waals surface area contributed by atoms with Gasteiger partial charge in [0.25, 0.3) is 0 Å². The predicted molar refractivity (Wildman–Crippen MR) is 87.9 cm³/mol. The number of alkyl halides is 3. The maximum Gasteiger partial charge on any atom is 0.424 e. The topological polar surface area (TPSA) is 93.2 Å². The van der Waals surface area contributed by atoms with Crippen LogP contribution in [0.2, 0.25) is 0 Å². The van der Waals surface area contributed by atoms with Crippen LogP contribution in [0.25, 0.3) is 0 Å². The molecule has 0 bridgehead atoms. The molecule has 6 nitrogen and oxygen atoms in total. The van der Waals surface area contributed by atoms with Gasteiger partial charge in [-0.15, -0.1) is 12.4 Å². The number of rotatable bonds is 6.